The van der Waals surface area contributed by atoms with E-state index < -0.39 is 11.9 Å². The first-order valence-corrected chi connectivity index (χ1v) is 6.78. The maximum atomic E-state index is 11.1. The smallest absolute Gasteiger partial charge is 0.335 e. The van der Waals surface area contributed by atoms with Crippen molar-refractivity contribution < 1.29 is 29.4 Å². The van der Waals surface area contributed by atoms with E-state index in [4.69, 9.17) is 10.2 Å². The van der Waals surface area contributed by atoms with Gasteiger partial charge in [0.1, 0.15) is 12.6 Å². The van der Waals surface area contributed by atoms with Crippen molar-refractivity contribution in [1.82, 2.24) is 0 Å². The number of hydrogen-bond acceptors (Lipinski definition) is 4. The standard InChI is InChI=1S/C18H12O6/c19-9-13-3-11(5-15(7-13)17(21)22)1-2-12-4-14(10-20)8-16(6-12)18(23)24/h1-10H,(H,21,22)(H,23,24)/b2-1+. The second kappa shape index (κ2) is 7.15. The Kier molecular flexibility index (Phi) is 5.01. The van der Waals surface area contributed by atoms with Crippen LogP contribution in [0.25, 0.3) is 12.2 Å². The largest absolute Gasteiger partial charge is 0.478 e. The molecule has 0 aliphatic rings. The molecule has 0 fully saturated rings. The summed E-state index contributed by atoms with van der Waals surface area (Å²) in [5.41, 5.74) is 1.28. The Balaban J connectivity index is 2.44. The molecule has 0 bridgehead atoms. The van der Waals surface area contributed by atoms with Gasteiger partial charge in [-0.15, -0.1) is 0 Å². The summed E-state index contributed by atoms with van der Waals surface area (Å²) in [6.07, 6.45) is 4.16. The maximum absolute atomic E-state index is 11.1. The van der Waals surface area contributed by atoms with Gasteiger partial charge in [-0.25, -0.2) is 9.59 Å². The van der Waals surface area contributed by atoms with Crippen LogP contribution in [0, 0.1) is 0 Å². The number of hydrogen-bond donors (Lipinski definition) is 2. The molecule has 0 heterocycles. The lowest BCUT2D eigenvalue weighted by Crippen LogP contribution is -1.99. The van der Waals surface area contributed by atoms with Gasteiger partial charge in [-0.05, 0) is 47.5 Å². The molecule has 0 aliphatic carbocycles. The van der Waals surface area contributed by atoms with Crippen LogP contribution in [0.1, 0.15) is 52.6 Å². The van der Waals surface area contributed by atoms with Gasteiger partial charge in [0.15, 0.2) is 0 Å². The second-order valence-electron chi connectivity index (χ2n) is 4.96. The van der Waals surface area contributed by atoms with Crippen LogP contribution in [-0.2, 0) is 0 Å². The predicted molar refractivity (Wildman–Crippen MR) is 86.5 cm³/mol. The highest BCUT2D eigenvalue weighted by atomic mass is 16.4. The summed E-state index contributed by atoms with van der Waals surface area (Å²) in [6.45, 7) is 0. The molecule has 0 saturated carbocycles. The third-order valence-electron chi connectivity index (χ3n) is 3.19. The molecule has 6 nitrogen and oxygen atoms in total. The average Bonchev–Trinajstić information content (AvgIpc) is 2.59. The van der Waals surface area contributed by atoms with Crippen molar-refractivity contribution in [3.63, 3.8) is 0 Å². The van der Waals surface area contributed by atoms with Gasteiger partial charge in [0.25, 0.3) is 0 Å². The quantitative estimate of drug-likeness (QED) is 0.624. The molecule has 24 heavy (non-hydrogen) atoms. The van der Waals surface area contributed by atoms with Crippen molar-refractivity contribution in [3.8, 4) is 0 Å². The summed E-state index contributed by atoms with van der Waals surface area (Å²) in [6, 6.07) is 8.26. The third kappa shape index (κ3) is 4.01. The van der Waals surface area contributed by atoms with Crippen molar-refractivity contribution in [3.05, 3.63) is 69.8 Å². The van der Waals surface area contributed by atoms with Crippen LogP contribution in [-0.4, -0.2) is 34.7 Å². The maximum Gasteiger partial charge on any atom is 0.335 e. The molecule has 0 amide bonds. The van der Waals surface area contributed by atoms with Crippen LogP contribution in [0.2, 0.25) is 0 Å². The third-order valence-corrected chi connectivity index (χ3v) is 3.19. The fourth-order valence-electron chi connectivity index (χ4n) is 2.12. The Morgan fingerprint density at radius 2 is 0.958 bits per heavy atom. The van der Waals surface area contributed by atoms with Gasteiger partial charge in [-0.1, -0.05) is 12.2 Å². The molecule has 120 valence electrons. The molecule has 0 aromatic heterocycles. The molecular formula is C18H12O6. The first-order valence-electron chi connectivity index (χ1n) is 6.78. The lowest BCUT2D eigenvalue weighted by Gasteiger charge is -2.02. The van der Waals surface area contributed by atoms with Crippen LogP contribution in [0.5, 0.6) is 0 Å². The number of benzene rings is 2. The summed E-state index contributed by atoms with van der Waals surface area (Å²) < 4.78 is 0. The van der Waals surface area contributed by atoms with Crippen molar-refractivity contribution in [2.75, 3.05) is 0 Å². The minimum atomic E-state index is -1.16. The van der Waals surface area contributed by atoms with E-state index in [0.717, 1.165) is 0 Å². The van der Waals surface area contributed by atoms with Crippen LogP contribution in [0.15, 0.2) is 36.4 Å². The molecule has 0 saturated heterocycles. The molecule has 2 aromatic rings. The van der Waals surface area contributed by atoms with Crippen LogP contribution in [0.3, 0.4) is 0 Å². The van der Waals surface area contributed by atoms with E-state index in [-0.39, 0.29) is 22.3 Å². The van der Waals surface area contributed by atoms with Crippen molar-refractivity contribution in [2.24, 2.45) is 0 Å². The molecule has 0 aliphatic heterocycles. The highest BCUT2D eigenvalue weighted by Gasteiger charge is 2.07. The number of carbonyl (C=O) groups is 4. The number of aldehydes is 2. The number of carboxylic acids is 2. The first kappa shape index (κ1) is 16.8. The summed E-state index contributed by atoms with van der Waals surface area (Å²) in [5, 5.41) is 18.1. The van der Waals surface area contributed by atoms with E-state index in [0.29, 0.717) is 23.7 Å². The fraction of sp³-hybridized carbons (Fsp3) is 0. The zero-order chi connectivity index (χ0) is 17.7. The highest BCUT2D eigenvalue weighted by molar-refractivity contribution is 5.93. The van der Waals surface area contributed by atoms with E-state index in [1.807, 2.05) is 0 Å². The molecule has 0 spiro atoms. The predicted octanol–water partition coefficient (Wildman–Crippen LogP) is 2.88. The van der Waals surface area contributed by atoms with Crippen LogP contribution < -0.4 is 0 Å². The summed E-state index contributed by atoms with van der Waals surface area (Å²) in [5.74, 6) is -2.33. The Bertz CT molecular complexity index is 792. The fourth-order valence-corrected chi connectivity index (χ4v) is 2.12. The van der Waals surface area contributed by atoms with Gasteiger partial charge in [-0.2, -0.15) is 0 Å². The van der Waals surface area contributed by atoms with Crippen LogP contribution >= 0.6 is 0 Å². The average molecular weight is 324 g/mol. The number of rotatable bonds is 6. The highest BCUT2D eigenvalue weighted by Crippen LogP contribution is 2.15. The van der Waals surface area contributed by atoms with Crippen molar-refractivity contribution in [1.29, 1.82) is 0 Å². The molecule has 0 radical (unpaired) electrons. The second-order valence-corrected chi connectivity index (χ2v) is 4.96. The summed E-state index contributed by atoms with van der Waals surface area (Å²) in [4.78, 5) is 43.9. The molecular weight excluding hydrogens is 312 g/mol. The van der Waals surface area contributed by atoms with Gasteiger partial charge >= 0.3 is 11.9 Å². The molecule has 0 unspecified atom stereocenters. The lowest BCUT2D eigenvalue weighted by molar-refractivity contribution is 0.0686. The number of carboxylic acid groups (broad SMARTS) is 2. The Morgan fingerprint density at radius 3 is 1.25 bits per heavy atom. The van der Waals surface area contributed by atoms with E-state index in [1.165, 1.54) is 48.6 Å². The topological polar surface area (TPSA) is 109 Å². The van der Waals surface area contributed by atoms with Gasteiger partial charge in [0, 0.05) is 11.1 Å². The lowest BCUT2D eigenvalue weighted by atomic mass is 10.0. The normalized spacial score (nSPS) is 10.5. The molecule has 0 atom stereocenters. The SMILES string of the molecule is O=Cc1cc(/C=C/c2cc(C=O)cc(C(=O)O)c2)cc(C(=O)O)c1. The molecule has 2 rings (SSSR count). The first-order chi connectivity index (χ1) is 11.4. The Morgan fingerprint density at radius 1 is 0.625 bits per heavy atom. The molecule has 6 heteroatoms. The van der Waals surface area contributed by atoms with E-state index >= 15 is 0 Å². The monoisotopic (exact) mass is 324 g/mol. The van der Waals surface area contributed by atoms with Gasteiger partial charge in [-0.3, -0.25) is 9.59 Å². The molecule has 2 aromatic carbocycles. The zero-order valence-corrected chi connectivity index (χ0v) is 12.3. The molecule has 2 N–H and O–H groups in total. The van der Waals surface area contributed by atoms with E-state index in [1.54, 1.807) is 0 Å². The van der Waals surface area contributed by atoms with Gasteiger partial charge < -0.3 is 10.2 Å². The summed E-state index contributed by atoms with van der Waals surface area (Å²) in [7, 11) is 0. The minimum absolute atomic E-state index is 0.0351. The van der Waals surface area contributed by atoms with Gasteiger partial charge in [0.05, 0.1) is 11.1 Å². The van der Waals surface area contributed by atoms with E-state index in [2.05, 4.69) is 0 Å². The van der Waals surface area contributed by atoms with E-state index in [9.17, 15) is 19.2 Å². The van der Waals surface area contributed by atoms with Crippen LogP contribution in [0.4, 0.5) is 0 Å². The van der Waals surface area contributed by atoms with Crippen molar-refractivity contribution in [2.45, 2.75) is 0 Å². The number of carbonyl (C=O) groups excluding carboxylic acids is 2. The number of aromatic carboxylic acids is 2. The Labute approximate surface area is 136 Å². The van der Waals surface area contributed by atoms with Gasteiger partial charge in [0.2, 0.25) is 0 Å². The van der Waals surface area contributed by atoms with Crippen molar-refractivity contribution >= 4 is 36.7 Å². The zero-order valence-electron chi connectivity index (χ0n) is 12.3. The minimum Gasteiger partial charge on any atom is -0.478 e. The summed E-state index contributed by atoms with van der Waals surface area (Å²) >= 11 is 0. The Hall–Kier alpha value is -3.54.